The molecule has 1 heterocycles. The van der Waals surface area contributed by atoms with E-state index in [1.165, 1.54) is 17.8 Å². The van der Waals surface area contributed by atoms with Gasteiger partial charge in [0, 0.05) is 10.7 Å². The van der Waals surface area contributed by atoms with E-state index in [2.05, 4.69) is 20.5 Å². The van der Waals surface area contributed by atoms with Crippen LogP contribution in [0.15, 0.2) is 47.6 Å². The van der Waals surface area contributed by atoms with Gasteiger partial charge in [-0.15, -0.1) is 5.10 Å². The molecule has 2 N–H and O–H groups in total. The minimum atomic E-state index is -0.447. The van der Waals surface area contributed by atoms with Crippen LogP contribution in [0.25, 0.3) is 11.4 Å². The van der Waals surface area contributed by atoms with Crippen molar-refractivity contribution in [1.82, 2.24) is 15.2 Å². The molecule has 1 unspecified atom stereocenters. The van der Waals surface area contributed by atoms with Crippen LogP contribution in [0.1, 0.15) is 12.5 Å². The summed E-state index contributed by atoms with van der Waals surface area (Å²) >= 11 is 7.25. The molecule has 3 aromatic rings. The number of halogens is 2. The number of H-pyrrole nitrogens is 1. The Morgan fingerprint density at radius 3 is 2.81 bits per heavy atom. The van der Waals surface area contributed by atoms with E-state index in [1.807, 2.05) is 6.92 Å². The van der Waals surface area contributed by atoms with E-state index in [0.717, 1.165) is 5.56 Å². The van der Waals surface area contributed by atoms with Gasteiger partial charge in [0.25, 0.3) is 0 Å². The summed E-state index contributed by atoms with van der Waals surface area (Å²) in [5.41, 5.74) is 1.80. The van der Waals surface area contributed by atoms with Gasteiger partial charge >= 0.3 is 0 Å². The van der Waals surface area contributed by atoms with Crippen molar-refractivity contribution in [3.05, 3.63) is 58.9 Å². The molecule has 0 aliphatic heterocycles. The van der Waals surface area contributed by atoms with Crippen LogP contribution >= 0.6 is 23.4 Å². The zero-order valence-electron chi connectivity index (χ0n) is 14.1. The van der Waals surface area contributed by atoms with Crippen molar-refractivity contribution in [1.29, 1.82) is 0 Å². The van der Waals surface area contributed by atoms with E-state index in [0.29, 0.717) is 27.3 Å². The van der Waals surface area contributed by atoms with Crippen LogP contribution in [0, 0.1) is 12.7 Å². The topological polar surface area (TPSA) is 70.7 Å². The first-order valence-electron chi connectivity index (χ1n) is 7.85. The number of nitrogens with one attached hydrogen (secondary N) is 2. The van der Waals surface area contributed by atoms with Crippen molar-refractivity contribution in [2.45, 2.75) is 24.3 Å². The van der Waals surface area contributed by atoms with Gasteiger partial charge in [-0.3, -0.25) is 9.89 Å². The van der Waals surface area contributed by atoms with Gasteiger partial charge in [0.2, 0.25) is 11.1 Å². The first-order chi connectivity index (χ1) is 12.5. The normalized spacial score (nSPS) is 12.0. The Labute approximate surface area is 159 Å². The van der Waals surface area contributed by atoms with Crippen molar-refractivity contribution in [2.24, 2.45) is 0 Å². The first kappa shape index (κ1) is 18.4. The molecule has 0 aliphatic carbocycles. The summed E-state index contributed by atoms with van der Waals surface area (Å²) in [5.74, 6) is -0.260. The highest BCUT2D eigenvalue weighted by atomic mass is 35.5. The molecule has 0 bridgehead atoms. The third-order valence-corrected chi connectivity index (χ3v) is 5.14. The number of aromatic nitrogens is 3. The van der Waals surface area contributed by atoms with Crippen molar-refractivity contribution < 1.29 is 9.18 Å². The number of benzene rings is 2. The third kappa shape index (κ3) is 4.05. The minimum absolute atomic E-state index is 0.197. The number of hydrogen-bond acceptors (Lipinski definition) is 4. The van der Waals surface area contributed by atoms with Gasteiger partial charge in [0.15, 0.2) is 5.82 Å². The fourth-order valence-corrected chi connectivity index (χ4v) is 3.16. The summed E-state index contributed by atoms with van der Waals surface area (Å²) in [6.45, 7) is 3.59. The Hall–Kier alpha value is -2.38. The molecule has 1 aromatic heterocycles. The van der Waals surface area contributed by atoms with Crippen LogP contribution in [0.3, 0.4) is 0 Å². The maximum absolute atomic E-state index is 13.8. The summed E-state index contributed by atoms with van der Waals surface area (Å²) in [6.07, 6.45) is 0. The van der Waals surface area contributed by atoms with Gasteiger partial charge in [0.05, 0.1) is 10.8 Å². The van der Waals surface area contributed by atoms with E-state index >= 15 is 0 Å². The van der Waals surface area contributed by atoms with Gasteiger partial charge in [-0.25, -0.2) is 9.37 Å². The highest BCUT2D eigenvalue weighted by molar-refractivity contribution is 8.00. The average Bonchev–Trinajstić information content (AvgIpc) is 3.07. The number of anilines is 1. The Kier molecular flexibility index (Phi) is 5.58. The van der Waals surface area contributed by atoms with Crippen molar-refractivity contribution in [3.8, 4) is 11.4 Å². The molecule has 2 aromatic carbocycles. The second kappa shape index (κ2) is 7.88. The monoisotopic (exact) mass is 390 g/mol. The lowest BCUT2D eigenvalue weighted by atomic mass is 10.2. The van der Waals surface area contributed by atoms with E-state index in [9.17, 15) is 9.18 Å². The SMILES string of the molecule is Cc1c(Cl)cccc1NC(=O)C(C)Sc1n[nH]c(-c2ccccc2F)n1. The number of carbonyl (C=O) groups excluding carboxylic acids is 1. The number of amides is 1. The number of hydrogen-bond donors (Lipinski definition) is 2. The van der Waals surface area contributed by atoms with Crippen LogP contribution < -0.4 is 5.32 Å². The number of thioether (sulfide) groups is 1. The molecular weight excluding hydrogens is 375 g/mol. The van der Waals surface area contributed by atoms with Crippen LogP contribution in [-0.2, 0) is 4.79 Å². The van der Waals surface area contributed by atoms with Crippen molar-refractivity contribution in [2.75, 3.05) is 5.32 Å². The standard InChI is InChI=1S/C18H16ClFN4OS/c1-10-13(19)7-5-9-15(10)21-17(25)11(2)26-18-22-16(23-24-18)12-6-3-4-8-14(12)20/h3-9,11H,1-2H3,(H,21,25)(H,22,23,24). The molecular formula is C18H16ClFN4OS. The summed E-state index contributed by atoms with van der Waals surface area (Å²) in [7, 11) is 0. The molecule has 26 heavy (non-hydrogen) atoms. The van der Waals surface area contributed by atoms with E-state index in [4.69, 9.17) is 11.6 Å². The molecule has 134 valence electrons. The maximum Gasteiger partial charge on any atom is 0.237 e. The summed E-state index contributed by atoms with van der Waals surface area (Å²) < 4.78 is 13.8. The smallest absolute Gasteiger partial charge is 0.237 e. The number of aromatic amines is 1. The molecule has 1 amide bonds. The highest BCUT2D eigenvalue weighted by Gasteiger charge is 2.19. The molecule has 0 saturated carbocycles. The van der Waals surface area contributed by atoms with Crippen molar-refractivity contribution in [3.63, 3.8) is 0 Å². The molecule has 1 atom stereocenters. The molecule has 8 heteroatoms. The Morgan fingerprint density at radius 1 is 1.27 bits per heavy atom. The molecule has 0 saturated heterocycles. The minimum Gasteiger partial charge on any atom is -0.325 e. The second-order valence-corrected chi connectivity index (χ2v) is 7.32. The molecule has 5 nitrogen and oxygen atoms in total. The van der Waals surface area contributed by atoms with Gasteiger partial charge in [0.1, 0.15) is 5.82 Å². The second-order valence-electron chi connectivity index (χ2n) is 5.61. The predicted molar refractivity (Wildman–Crippen MR) is 102 cm³/mol. The Balaban J connectivity index is 1.68. The van der Waals surface area contributed by atoms with E-state index in [1.54, 1.807) is 43.3 Å². The summed E-state index contributed by atoms with van der Waals surface area (Å²) in [6, 6.07) is 11.6. The van der Waals surface area contributed by atoms with Gasteiger partial charge < -0.3 is 5.32 Å². The molecule has 0 aliphatic rings. The van der Waals surface area contributed by atoms with Crippen LogP contribution in [0.2, 0.25) is 5.02 Å². The third-order valence-electron chi connectivity index (χ3n) is 3.77. The quantitative estimate of drug-likeness (QED) is 0.620. The highest BCUT2D eigenvalue weighted by Crippen LogP contribution is 2.27. The largest absolute Gasteiger partial charge is 0.325 e. The van der Waals surface area contributed by atoms with Crippen LogP contribution in [-0.4, -0.2) is 26.3 Å². The lowest BCUT2D eigenvalue weighted by Gasteiger charge is -2.12. The molecule has 0 fully saturated rings. The summed E-state index contributed by atoms with van der Waals surface area (Å²) in [5, 5.41) is 10.1. The Morgan fingerprint density at radius 2 is 2.04 bits per heavy atom. The predicted octanol–water partition coefficient (Wildman–Crippen LogP) is 4.69. The van der Waals surface area contributed by atoms with E-state index < -0.39 is 5.25 Å². The molecule has 0 radical (unpaired) electrons. The van der Waals surface area contributed by atoms with Crippen LogP contribution in [0.4, 0.5) is 10.1 Å². The first-order valence-corrected chi connectivity index (χ1v) is 9.11. The van der Waals surface area contributed by atoms with E-state index in [-0.39, 0.29) is 11.7 Å². The number of carbonyl (C=O) groups is 1. The maximum atomic E-state index is 13.8. The Bertz CT molecular complexity index is 946. The number of rotatable bonds is 5. The fourth-order valence-electron chi connectivity index (χ4n) is 2.26. The van der Waals surface area contributed by atoms with Gasteiger partial charge in [-0.1, -0.05) is 41.6 Å². The van der Waals surface area contributed by atoms with Crippen LogP contribution in [0.5, 0.6) is 0 Å². The lowest BCUT2D eigenvalue weighted by Crippen LogP contribution is -2.23. The molecule has 3 rings (SSSR count). The van der Waals surface area contributed by atoms with Gasteiger partial charge in [-0.05, 0) is 43.7 Å². The molecule has 0 spiro atoms. The summed E-state index contributed by atoms with van der Waals surface area (Å²) in [4.78, 5) is 16.7. The fraction of sp³-hybridized carbons (Fsp3) is 0.167. The average molecular weight is 391 g/mol. The lowest BCUT2D eigenvalue weighted by molar-refractivity contribution is -0.115. The van der Waals surface area contributed by atoms with Gasteiger partial charge in [-0.2, -0.15) is 0 Å². The zero-order valence-corrected chi connectivity index (χ0v) is 15.7. The van der Waals surface area contributed by atoms with Crippen molar-refractivity contribution >= 4 is 35.0 Å². The number of nitrogens with zero attached hydrogens (tertiary/aromatic N) is 2. The zero-order chi connectivity index (χ0) is 18.7.